The van der Waals surface area contributed by atoms with Crippen molar-refractivity contribution in [3.8, 4) is 12.1 Å². The Kier molecular flexibility index (Phi) is 7.05. The molecule has 0 saturated heterocycles. The van der Waals surface area contributed by atoms with Crippen LogP contribution in [0.4, 0.5) is 15.8 Å². The number of hydrogen-bond acceptors (Lipinski definition) is 8. The molecule has 11 heteroatoms. The normalized spacial score (nSPS) is 20.9. The van der Waals surface area contributed by atoms with E-state index in [-0.39, 0.29) is 23.7 Å². The molecule has 8 nitrogen and oxygen atoms in total. The second-order valence-electron chi connectivity index (χ2n) is 11.5. The first-order chi connectivity index (χ1) is 21.4. The average molecular weight is 601 g/mol. The van der Waals surface area contributed by atoms with Crippen molar-refractivity contribution in [2.45, 2.75) is 36.8 Å². The van der Waals surface area contributed by atoms with Crippen molar-refractivity contribution >= 4 is 41.7 Å². The first kappa shape index (κ1) is 28.0. The summed E-state index contributed by atoms with van der Waals surface area (Å²) in [5.74, 6) is -0.354. The maximum Gasteiger partial charge on any atom is 0.123 e. The number of anilines is 2. The van der Waals surface area contributed by atoms with Crippen LogP contribution < -0.4 is 21.6 Å². The Labute approximate surface area is 260 Å². The smallest absolute Gasteiger partial charge is 0.123 e. The number of nitrogens with one attached hydrogen (secondary N) is 4. The van der Waals surface area contributed by atoms with Gasteiger partial charge in [-0.25, -0.2) is 4.39 Å². The summed E-state index contributed by atoms with van der Waals surface area (Å²) in [7, 11) is 7.12. The predicted molar refractivity (Wildman–Crippen MR) is 168 cm³/mol. The SMILES string of the molecule is [B]C(Nc1cc(Cl)c2ncc(C#N)c(NC(c3ccccc3)[C@H]3C[C@@H]3C#N)c2c1)(C1=CN(C2CC2)NN1)c1ccc(F)cc1. The molecule has 0 amide bonds. The van der Waals surface area contributed by atoms with Gasteiger partial charge >= 0.3 is 0 Å². The molecule has 1 aliphatic heterocycles. The Hall–Kier alpha value is -4.77. The fourth-order valence-electron chi connectivity index (χ4n) is 5.87. The van der Waals surface area contributed by atoms with E-state index >= 15 is 0 Å². The van der Waals surface area contributed by atoms with Gasteiger partial charge in [0.25, 0.3) is 0 Å². The lowest BCUT2D eigenvalue weighted by atomic mass is 9.69. The van der Waals surface area contributed by atoms with Crippen LogP contribution in [0.25, 0.3) is 10.9 Å². The Morgan fingerprint density at radius 2 is 1.89 bits per heavy atom. The summed E-state index contributed by atoms with van der Waals surface area (Å²) in [5, 5.41) is 29.8. The lowest BCUT2D eigenvalue weighted by Gasteiger charge is -2.34. The molecule has 0 spiro atoms. The van der Waals surface area contributed by atoms with Crippen molar-refractivity contribution in [1.29, 1.82) is 10.5 Å². The molecule has 2 heterocycles. The van der Waals surface area contributed by atoms with Crippen LogP contribution in [-0.4, -0.2) is 23.9 Å². The van der Waals surface area contributed by atoms with Crippen molar-refractivity contribution in [2.24, 2.45) is 11.8 Å². The highest BCUT2D eigenvalue weighted by Gasteiger charge is 2.44. The van der Waals surface area contributed by atoms with Crippen LogP contribution in [0.1, 0.15) is 42.0 Å². The number of rotatable bonds is 9. The molecule has 2 radical (unpaired) electrons. The first-order valence-corrected chi connectivity index (χ1v) is 14.8. The zero-order chi connectivity index (χ0) is 30.4. The van der Waals surface area contributed by atoms with Gasteiger partial charge in [0, 0.05) is 35.4 Å². The molecule has 216 valence electrons. The Morgan fingerprint density at radius 3 is 2.57 bits per heavy atom. The monoisotopic (exact) mass is 600 g/mol. The van der Waals surface area contributed by atoms with E-state index in [9.17, 15) is 14.9 Å². The standard InChI is InChI=1S/C33H27BClFN8/c34-33(22-6-8-23(36)9-7-22,29-18-44(43-42-29)25-10-11-25)41-24-13-27-31(21(16-38)17-39-32(27)28(35)14-24)40-30(26-12-20(26)15-37)19-4-2-1-3-5-19/h1-9,13-14,17-18,20,25-26,30,41-43H,10-12H2,(H,39,40)/t20-,26+,30?,33?/m1/s1. The summed E-state index contributed by atoms with van der Waals surface area (Å²) in [6.07, 6.45) is 6.35. The minimum atomic E-state index is -1.31. The summed E-state index contributed by atoms with van der Waals surface area (Å²) in [5.41, 5.74) is 9.32. The fraction of sp³-hybridized carbons (Fsp3) is 0.242. The van der Waals surface area contributed by atoms with Crippen LogP contribution in [0.3, 0.4) is 0 Å². The number of nitrogens with zero attached hydrogens (tertiary/aromatic N) is 4. The molecule has 2 unspecified atom stereocenters. The van der Waals surface area contributed by atoms with E-state index in [1.54, 1.807) is 18.2 Å². The van der Waals surface area contributed by atoms with E-state index in [0.29, 0.717) is 50.2 Å². The summed E-state index contributed by atoms with van der Waals surface area (Å²) < 4.78 is 13.9. The van der Waals surface area contributed by atoms with E-state index in [0.717, 1.165) is 24.8 Å². The molecule has 3 aliphatic rings. The predicted octanol–water partition coefficient (Wildman–Crippen LogP) is 5.97. The third-order valence-corrected chi connectivity index (χ3v) is 8.82. The number of fused-ring (bicyclic) bond motifs is 1. The van der Waals surface area contributed by atoms with E-state index < -0.39 is 5.44 Å². The topological polar surface area (TPSA) is 112 Å². The number of benzene rings is 3. The van der Waals surface area contributed by atoms with Gasteiger partial charge in [-0.3, -0.25) is 9.99 Å². The van der Waals surface area contributed by atoms with Gasteiger partial charge in [-0.15, -0.1) is 5.53 Å². The molecular weight excluding hydrogens is 574 g/mol. The van der Waals surface area contributed by atoms with Gasteiger partial charge < -0.3 is 16.1 Å². The zero-order valence-corrected chi connectivity index (χ0v) is 24.3. The molecule has 7 rings (SSSR count). The van der Waals surface area contributed by atoms with Crippen LogP contribution in [0.2, 0.25) is 5.02 Å². The molecule has 2 fully saturated rings. The molecule has 4 N–H and O–H groups in total. The highest BCUT2D eigenvalue weighted by Crippen LogP contribution is 2.49. The van der Waals surface area contributed by atoms with E-state index in [4.69, 9.17) is 19.4 Å². The molecular formula is C33H27BClFN8. The molecule has 1 aromatic heterocycles. The average Bonchev–Trinajstić information content (AvgIpc) is 3.98. The van der Waals surface area contributed by atoms with Crippen molar-refractivity contribution in [3.63, 3.8) is 0 Å². The number of halogens is 2. The molecule has 4 aromatic rings. The lowest BCUT2D eigenvalue weighted by Crippen LogP contribution is -2.45. The minimum absolute atomic E-state index is 0.0725. The summed E-state index contributed by atoms with van der Waals surface area (Å²) in [6, 6.07) is 24.4. The van der Waals surface area contributed by atoms with Crippen LogP contribution in [0.5, 0.6) is 0 Å². The van der Waals surface area contributed by atoms with Gasteiger partial charge in [-0.1, -0.05) is 54.1 Å². The second-order valence-corrected chi connectivity index (χ2v) is 11.9. The lowest BCUT2D eigenvalue weighted by molar-refractivity contribution is 0.260. The van der Waals surface area contributed by atoms with Crippen LogP contribution in [-0.2, 0) is 5.44 Å². The highest BCUT2D eigenvalue weighted by molar-refractivity contribution is 6.36. The second kappa shape index (κ2) is 11.1. The van der Waals surface area contributed by atoms with Crippen LogP contribution >= 0.6 is 11.6 Å². The summed E-state index contributed by atoms with van der Waals surface area (Å²) in [6.45, 7) is 0. The number of hydrogen-bond donors (Lipinski definition) is 4. The van der Waals surface area contributed by atoms with Crippen molar-refractivity contribution in [2.75, 3.05) is 10.6 Å². The Bertz CT molecular complexity index is 1850. The minimum Gasteiger partial charge on any atom is -0.378 e. The molecule has 2 saturated carbocycles. The van der Waals surface area contributed by atoms with Gasteiger partial charge in [0.05, 0.1) is 51.0 Å². The van der Waals surface area contributed by atoms with Crippen molar-refractivity contribution in [3.05, 3.63) is 112 Å². The summed E-state index contributed by atoms with van der Waals surface area (Å²) >= 11 is 6.83. The third kappa shape index (κ3) is 5.17. The Balaban J connectivity index is 1.32. The number of pyridine rings is 1. The number of nitriles is 2. The maximum absolute atomic E-state index is 13.9. The van der Waals surface area contributed by atoms with Gasteiger partial charge in [-0.2, -0.15) is 10.5 Å². The molecule has 4 atom stereocenters. The molecule has 2 aliphatic carbocycles. The molecule has 44 heavy (non-hydrogen) atoms. The quantitative estimate of drug-likeness (QED) is 0.174. The van der Waals surface area contributed by atoms with Gasteiger partial charge in [-0.05, 0) is 54.7 Å². The molecule has 0 bridgehead atoms. The van der Waals surface area contributed by atoms with Crippen LogP contribution in [0, 0.1) is 40.3 Å². The summed E-state index contributed by atoms with van der Waals surface area (Å²) in [4.78, 5) is 4.52. The van der Waals surface area contributed by atoms with Crippen LogP contribution in [0.15, 0.2) is 84.8 Å². The van der Waals surface area contributed by atoms with E-state index in [1.165, 1.54) is 18.3 Å². The van der Waals surface area contributed by atoms with Crippen molar-refractivity contribution in [1.82, 2.24) is 21.0 Å². The third-order valence-electron chi connectivity index (χ3n) is 8.53. The van der Waals surface area contributed by atoms with E-state index in [2.05, 4.69) is 38.7 Å². The van der Waals surface area contributed by atoms with Crippen molar-refractivity contribution < 1.29 is 4.39 Å². The molecule has 3 aromatic carbocycles. The van der Waals surface area contributed by atoms with Gasteiger partial charge in [0.2, 0.25) is 0 Å². The van der Waals surface area contributed by atoms with E-state index in [1.807, 2.05) is 47.6 Å². The Morgan fingerprint density at radius 1 is 1.11 bits per heavy atom. The number of hydrazine groups is 2. The van der Waals surface area contributed by atoms with Gasteiger partial charge in [0.15, 0.2) is 0 Å². The highest BCUT2D eigenvalue weighted by atomic mass is 35.5. The first-order valence-electron chi connectivity index (χ1n) is 14.5. The number of aromatic nitrogens is 1. The zero-order valence-electron chi connectivity index (χ0n) is 23.6. The maximum atomic E-state index is 13.9. The largest absolute Gasteiger partial charge is 0.378 e. The van der Waals surface area contributed by atoms with Gasteiger partial charge in [0.1, 0.15) is 19.7 Å². The fourth-order valence-corrected chi connectivity index (χ4v) is 6.14.